The van der Waals surface area contributed by atoms with E-state index in [1.54, 1.807) is 0 Å². The lowest BCUT2D eigenvalue weighted by Gasteiger charge is -2.59. The molecule has 5 fully saturated rings. The molecule has 9 heteroatoms. The maximum atomic E-state index is 13.8. The van der Waals surface area contributed by atoms with E-state index in [0.29, 0.717) is 6.42 Å². The minimum absolute atomic E-state index is 0.000435. The molecular weight excluding hydrogens is 492 g/mol. The molecule has 6 aliphatic rings. The van der Waals surface area contributed by atoms with Crippen molar-refractivity contribution in [1.82, 2.24) is 0 Å². The van der Waals surface area contributed by atoms with Gasteiger partial charge in [-0.3, -0.25) is 4.79 Å². The number of fused-ring (bicyclic) bond motifs is 2. The van der Waals surface area contributed by atoms with Crippen LogP contribution in [0.3, 0.4) is 0 Å². The van der Waals surface area contributed by atoms with Crippen molar-refractivity contribution in [3.05, 3.63) is 22.8 Å². The second-order valence-corrected chi connectivity index (χ2v) is 12.9. The highest BCUT2D eigenvalue weighted by Crippen LogP contribution is 2.77. The van der Waals surface area contributed by atoms with Crippen molar-refractivity contribution in [2.45, 2.75) is 82.7 Å². The smallest absolute Gasteiger partial charge is 0.344 e. The number of aliphatic hydroxyl groups is 1. The van der Waals surface area contributed by atoms with Crippen LogP contribution < -0.4 is 9.47 Å². The van der Waals surface area contributed by atoms with Crippen LogP contribution in [0, 0.1) is 22.7 Å². The van der Waals surface area contributed by atoms with Crippen molar-refractivity contribution in [1.29, 1.82) is 0 Å². The molecule has 7 atom stereocenters. The molecule has 0 aromatic heterocycles. The van der Waals surface area contributed by atoms with Gasteiger partial charge >= 0.3 is 11.9 Å². The van der Waals surface area contributed by atoms with Crippen LogP contribution in [-0.4, -0.2) is 58.0 Å². The number of phenols is 1. The summed E-state index contributed by atoms with van der Waals surface area (Å²) >= 11 is 0. The molecule has 9 nitrogen and oxygen atoms in total. The first-order valence-electron chi connectivity index (χ1n) is 13.3. The number of esters is 2. The van der Waals surface area contributed by atoms with Crippen molar-refractivity contribution in [2.75, 3.05) is 7.11 Å². The summed E-state index contributed by atoms with van der Waals surface area (Å²) in [6, 6.07) is 1.45. The van der Waals surface area contributed by atoms with Crippen molar-refractivity contribution in [2.24, 2.45) is 22.7 Å². The van der Waals surface area contributed by atoms with Crippen LogP contribution in [0.4, 0.5) is 0 Å². The number of benzene rings is 1. The first-order chi connectivity index (χ1) is 17.8. The fourth-order valence-corrected chi connectivity index (χ4v) is 9.74. The molecule has 0 radical (unpaired) electrons. The van der Waals surface area contributed by atoms with Crippen LogP contribution in [0.25, 0.3) is 6.08 Å². The third-order valence-electron chi connectivity index (χ3n) is 10.9. The Kier molecular flexibility index (Phi) is 4.25. The van der Waals surface area contributed by atoms with Crippen LogP contribution in [0.15, 0.2) is 11.6 Å². The van der Waals surface area contributed by atoms with E-state index >= 15 is 0 Å². The highest BCUT2D eigenvalue weighted by atomic mass is 16.7. The first kappa shape index (κ1) is 24.0. The number of aromatic hydroxyl groups is 1. The highest BCUT2D eigenvalue weighted by Gasteiger charge is 2.94. The number of rotatable bonds is 2. The van der Waals surface area contributed by atoms with Gasteiger partial charge in [-0.05, 0) is 55.4 Å². The molecule has 38 heavy (non-hydrogen) atoms. The van der Waals surface area contributed by atoms with Gasteiger partial charge in [0.1, 0.15) is 22.8 Å². The molecule has 3 saturated carbocycles. The summed E-state index contributed by atoms with van der Waals surface area (Å²) in [5, 5.41) is 23.7. The number of hydrogen-bond acceptors (Lipinski definition) is 9. The Morgan fingerprint density at radius 1 is 1.13 bits per heavy atom. The predicted octanol–water partition coefficient (Wildman–Crippen LogP) is 3.33. The van der Waals surface area contributed by atoms with E-state index in [0.717, 1.165) is 25.7 Å². The summed E-state index contributed by atoms with van der Waals surface area (Å²) in [6.07, 6.45) is 4.33. The zero-order chi connectivity index (χ0) is 27.2. The minimum atomic E-state index is -2.20. The molecule has 7 rings (SSSR count). The van der Waals surface area contributed by atoms with E-state index in [4.69, 9.17) is 18.9 Å². The molecule has 2 bridgehead atoms. The van der Waals surface area contributed by atoms with E-state index in [1.807, 2.05) is 0 Å². The standard InChI is InChI=1S/C29H32O9/c1-13(30)19-17(35-5)12-16-14(20(19)31)11-15-21(32)36-23-27-10-7-18-25(2,3)8-6-9-26(18,4)22(27)28(34,24(33)38-27)29(15,23)37-16/h11-12,18,22-23,31,34H,6-10H2,1-5H3/t18-,22+,23+,26-,27+,28+,29?/m1/s1. The molecule has 0 amide bonds. The van der Waals surface area contributed by atoms with Crippen molar-refractivity contribution >= 4 is 23.8 Å². The van der Waals surface area contributed by atoms with Crippen LogP contribution in [0.2, 0.25) is 0 Å². The first-order valence-corrected chi connectivity index (χ1v) is 13.3. The molecule has 1 aromatic carbocycles. The van der Waals surface area contributed by atoms with Crippen LogP contribution in [0.1, 0.15) is 75.7 Å². The van der Waals surface area contributed by atoms with Crippen molar-refractivity contribution in [3.63, 3.8) is 0 Å². The van der Waals surface area contributed by atoms with Gasteiger partial charge in [0.25, 0.3) is 0 Å². The second-order valence-electron chi connectivity index (χ2n) is 12.9. The summed E-state index contributed by atoms with van der Waals surface area (Å²) in [7, 11) is 1.36. The largest absolute Gasteiger partial charge is 0.506 e. The van der Waals surface area contributed by atoms with Gasteiger partial charge in [-0.25, -0.2) is 9.59 Å². The predicted molar refractivity (Wildman–Crippen MR) is 132 cm³/mol. The average Bonchev–Trinajstić information content (AvgIpc) is 3.34. The average molecular weight is 525 g/mol. The zero-order valence-electron chi connectivity index (χ0n) is 22.2. The summed E-state index contributed by atoms with van der Waals surface area (Å²) in [6.45, 7) is 7.92. The van der Waals surface area contributed by atoms with Gasteiger partial charge in [0.2, 0.25) is 11.2 Å². The Labute approximate surface area is 220 Å². The number of hydrogen-bond donors (Lipinski definition) is 2. The lowest BCUT2D eigenvalue weighted by Crippen LogP contribution is -2.68. The van der Waals surface area contributed by atoms with Gasteiger partial charge in [-0.1, -0.05) is 27.2 Å². The topological polar surface area (TPSA) is 129 Å². The van der Waals surface area contributed by atoms with Crippen molar-refractivity contribution in [3.8, 4) is 17.2 Å². The van der Waals surface area contributed by atoms with Gasteiger partial charge in [0.05, 0.1) is 24.2 Å². The summed E-state index contributed by atoms with van der Waals surface area (Å²) in [5.74, 6) is -2.66. The van der Waals surface area contributed by atoms with Crippen LogP contribution in [-0.2, 0) is 19.1 Å². The molecule has 1 unspecified atom stereocenters. The van der Waals surface area contributed by atoms with Crippen molar-refractivity contribution < 1.29 is 43.5 Å². The number of ether oxygens (including phenoxy) is 4. The maximum absolute atomic E-state index is 13.8. The molecule has 1 spiro atoms. The molecule has 2 saturated heterocycles. The fourth-order valence-electron chi connectivity index (χ4n) is 9.74. The lowest BCUT2D eigenvalue weighted by molar-refractivity contribution is -0.214. The summed E-state index contributed by atoms with van der Waals surface area (Å²) in [5.41, 5.74) is -5.77. The number of phenolic OH excluding ortho intramolecular Hbond substituents is 1. The van der Waals surface area contributed by atoms with E-state index in [2.05, 4.69) is 20.8 Å². The molecule has 2 N–H and O–H groups in total. The Morgan fingerprint density at radius 3 is 2.55 bits per heavy atom. The lowest BCUT2D eigenvalue weighted by atomic mass is 9.44. The monoisotopic (exact) mass is 524 g/mol. The number of Topliss-reactive ketones (excluding diaryl/α,β-unsaturated/α-hetero) is 1. The third kappa shape index (κ3) is 2.26. The number of methoxy groups -OCH3 is 1. The maximum Gasteiger partial charge on any atom is 0.344 e. The number of carbonyl (C=O) groups excluding carboxylic acids is 3. The van der Waals surface area contributed by atoms with Gasteiger partial charge in [0.15, 0.2) is 17.5 Å². The molecule has 1 aromatic rings. The molecule has 3 aliphatic carbocycles. The number of ketones is 1. The van der Waals surface area contributed by atoms with Gasteiger partial charge in [0, 0.05) is 6.07 Å². The van der Waals surface area contributed by atoms with Crippen LogP contribution in [0.5, 0.6) is 17.2 Å². The molecule has 202 valence electrons. The zero-order valence-corrected chi connectivity index (χ0v) is 22.2. The molecule has 3 aliphatic heterocycles. The third-order valence-corrected chi connectivity index (χ3v) is 10.9. The van der Waals surface area contributed by atoms with Gasteiger partial charge < -0.3 is 29.2 Å². The van der Waals surface area contributed by atoms with E-state index in [9.17, 15) is 24.6 Å². The minimum Gasteiger partial charge on any atom is -0.506 e. The van der Waals surface area contributed by atoms with E-state index in [-0.39, 0.29) is 39.5 Å². The normalized spacial score (nSPS) is 42.9. The van der Waals surface area contributed by atoms with Crippen LogP contribution >= 0.6 is 0 Å². The second kappa shape index (κ2) is 6.73. The van der Waals surface area contributed by atoms with E-state index in [1.165, 1.54) is 26.2 Å². The Hall–Kier alpha value is -3.07. The highest BCUT2D eigenvalue weighted by molar-refractivity contribution is 6.07. The molecular formula is C29H32O9. The fraction of sp³-hybridized carbons (Fsp3) is 0.621. The Morgan fingerprint density at radius 2 is 1.87 bits per heavy atom. The Bertz CT molecular complexity index is 1390. The molecule has 3 heterocycles. The summed E-state index contributed by atoms with van der Waals surface area (Å²) in [4.78, 5) is 39.4. The van der Waals surface area contributed by atoms with Gasteiger partial charge in [-0.2, -0.15) is 0 Å². The van der Waals surface area contributed by atoms with Gasteiger partial charge in [-0.15, -0.1) is 0 Å². The number of carbonyl (C=O) groups is 3. The quantitative estimate of drug-likeness (QED) is 0.442. The van der Waals surface area contributed by atoms with E-state index < -0.39 is 57.7 Å². The SMILES string of the molecule is COc1cc2c(c(O)c1C(C)=O)C=C1C(=O)O[C@@H]3C1(O2)[C@@]1(O)C(=O)O[C@]32CC[C@@H]3C(C)(C)CCC[C@@]3(C)[C@@H]21. The Balaban J connectivity index is 1.48. The summed E-state index contributed by atoms with van der Waals surface area (Å²) < 4.78 is 23.9.